The largest absolute Gasteiger partial charge is 0.463 e. The van der Waals surface area contributed by atoms with Gasteiger partial charge in [-0.2, -0.15) is 5.10 Å². The van der Waals surface area contributed by atoms with Gasteiger partial charge in [-0.3, -0.25) is 0 Å². The maximum Gasteiger partial charge on any atom is 0.289 e. The minimum Gasteiger partial charge on any atom is -0.463 e. The number of benzene rings is 2. The third-order valence-corrected chi connectivity index (χ3v) is 5.60. The Morgan fingerprint density at radius 2 is 1.86 bits per heavy atom. The molecule has 2 N–H and O–H groups in total. The molecule has 6 rings (SSSR count). The molecule has 1 unspecified atom stereocenters. The second kappa shape index (κ2) is 8.56. The highest BCUT2D eigenvalue weighted by Gasteiger charge is 2.15. The molecule has 35 heavy (non-hydrogen) atoms. The molecule has 0 aliphatic carbocycles. The minimum absolute atomic E-state index is 0.152. The molecule has 0 saturated carbocycles. The zero-order valence-corrected chi connectivity index (χ0v) is 19.1. The molecule has 0 spiro atoms. The summed E-state index contributed by atoms with van der Waals surface area (Å²) in [5.41, 5.74) is 4.27. The number of ether oxygens (including phenoxy) is 2. The highest BCUT2D eigenvalue weighted by Crippen LogP contribution is 2.31. The minimum atomic E-state index is 0.152. The number of aliphatic imine (C=N–C) groups is 1. The number of fused-ring (bicyclic) bond motifs is 2. The summed E-state index contributed by atoms with van der Waals surface area (Å²) in [6.07, 6.45) is 4.88. The number of nitrogens with one attached hydrogen (secondary N) is 2. The van der Waals surface area contributed by atoms with Gasteiger partial charge in [-0.25, -0.2) is 24.5 Å². The van der Waals surface area contributed by atoms with Gasteiger partial charge in [0.25, 0.3) is 6.02 Å². The topological polar surface area (TPSA) is 111 Å². The molecule has 1 atom stereocenters. The van der Waals surface area contributed by atoms with Crippen LogP contribution in [0.5, 0.6) is 11.5 Å². The molecular weight excluding hydrogens is 444 g/mol. The molecular formula is C25H22N8O2. The van der Waals surface area contributed by atoms with Crippen molar-refractivity contribution in [3.8, 4) is 11.5 Å². The van der Waals surface area contributed by atoms with E-state index in [-0.39, 0.29) is 6.04 Å². The molecule has 1 aliphatic heterocycles. The van der Waals surface area contributed by atoms with Crippen molar-refractivity contribution in [2.24, 2.45) is 4.99 Å². The first-order valence-electron chi connectivity index (χ1n) is 11.2. The van der Waals surface area contributed by atoms with E-state index < -0.39 is 0 Å². The van der Waals surface area contributed by atoms with Crippen LogP contribution < -0.4 is 15.4 Å². The lowest BCUT2D eigenvalue weighted by Gasteiger charge is -2.13. The van der Waals surface area contributed by atoms with Gasteiger partial charge in [0.15, 0.2) is 5.65 Å². The third kappa shape index (κ3) is 4.29. The number of pyridine rings is 1. The second-order valence-electron chi connectivity index (χ2n) is 8.31. The van der Waals surface area contributed by atoms with E-state index in [0.29, 0.717) is 24.2 Å². The number of aryl methyl sites for hydroxylation is 1. The van der Waals surface area contributed by atoms with Gasteiger partial charge in [0.05, 0.1) is 11.6 Å². The van der Waals surface area contributed by atoms with Gasteiger partial charge in [-0.15, -0.1) is 0 Å². The van der Waals surface area contributed by atoms with Crippen molar-refractivity contribution >= 4 is 39.8 Å². The van der Waals surface area contributed by atoms with Gasteiger partial charge in [0.2, 0.25) is 0 Å². The molecule has 174 valence electrons. The molecule has 0 saturated heterocycles. The van der Waals surface area contributed by atoms with Crippen LogP contribution in [0.2, 0.25) is 0 Å². The number of amidine groups is 1. The summed E-state index contributed by atoms with van der Waals surface area (Å²) in [6.45, 7) is 4.60. The molecule has 10 heteroatoms. The van der Waals surface area contributed by atoms with E-state index in [2.05, 4.69) is 35.7 Å². The van der Waals surface area contributed by atoms with Gasteiger partial charge in [0, 0.05) is 29.0 Å². The van der Waals surface area contributed by atoms with Crippen molar-refractivity contribution < 1.29 is 9.47 Å². The first-order valence-corrected chi connectivity index (χ1v) is 11.2. The zero-order valence-electron chi connectivity index (χ0n) is 19.1. The Morgan fingerprint density at radius 1 is 0.971 bits per heavy atom. The van der Waals surface area contributed by atoms with E-state index in [4.69, 9.17) is 9.47 Å². The van der Waals surface area contributed by atoms with E-state index >= 15 is 0 Å². The van der Waals surface area contributed by atoms with E-state index in [1.54, 1.807) is 10.8 Å². The van der Waals surface area contributed by atoms with Gasteiger partial charge >= 0.3 is 0 Å². The molecule has 0 amide bonds. The Balaban J connectivity index is 1.24. The summed E-state index contributed by atoms with van der Waals surface area (Å²) >= 11 is 0. The number of nitrogens with zero attached hydrogens (tertiary/aromatic N) is 6. The maximum atomic E-state index is 6.08. The van der Waals surface area contributed by atoms with Crippen LogP contribution in [0.4, 0.5) is 17.2 Å². The molecule has 5 aromatic rings. The Kier molecular flexibility index (Phi) is 5.10. The van der Waals surface area contributed by atoms with Crippen molar-refractivity contribution in [1.82, 2.24) is 24.6 Å². The lowest BCUT2D eigenvalue weighted by molar-refractivity contribution is 0.322. The fourth-order valence-corrected chi connectivity index (χ4v) is 3.87. The lowest BCUT2D eigenvalue weighted by atomic mass is 10.1. The number of anilines is 3. The van der Waals surface area contributed by atoms with Gasteiger partial charge in [-0.05, 0) is 61.9 Å². The van der Waals surface area contributed by atoms with Crippen LogP contribution in [0.3, 0.4) is 0 Å². The second-order valence-corrected chi connectivity index (χ2v) is 8.31. The van der Waals surface area contributed by atoms with Crippen LogP contribution >= 0.6 is 0 Å². The monoisotopic (exact) mass is 466 g/mol. The van der Waals surface area contributed by atoms with E-state index in [1.807, 2.05) is 68.6 Å². The number of aromatic nitrogens is 5. The van der Waals surface area contributed by atoms with Crippen LogP contribution in [-0.2, 0) is 4.74 Å². The number of hydrogen-bond acceptors (Lipinski definition) is 9. The van der Waals surface area contributed by atoms with Crippen LogP contribution in [0.1, 0.15) is 12.5 Å². The molecule has 0 bridgehead atoms. The number of hydrogen-bond donors (Lipinski definition) is 2. The average molecular weight is 467 g/mol. The Labute approximate surface area is 200 Å². The molecule has 0 fully saturated rings. The van der Waals surface area contributed by atoms with Crippen molar-refractivity contribution in [3.63, 3.8) is 0 Å². The van der Waals surface area contributed by atoms with Crippen LogP contribution in [0.25, 0.3) is 16.6 Å². The van der Waals surface area contributed by atoms with Crippen LogP contribution in [-0.4, -0.2) is 43.2 Å². The van der Waals surface area contributed by atoms with Crippen molar-refractivity contribution in [3.05, 3.63) is 72.9 Å². The fourth-order valence-electron chi connectivity index (χ4n) is 3.87. The first-order chi connectivity index (χ1) is 17.1. The Hall–Kier alpha value is -4.73. The van der Waals surface area contributed by atoms with E-state index in [9.17, 15) is 0 Å². The highest BCUT2D eigenvalue weighted by molar-refractivity contribution is 5.97. The van der Waals surface area contributed by atoms with Crippen molar-refractivity contribution in [1.29, 1.82) is 0 Å². The first kappa shape index (κ1) is 20.8. The Bertz CT molecular complexity index is 1580. The lowest BCUT2D eigenvalue weighted by Crippen LogP contribution is -2.11. The van der Waals surface area contributed by atoms with E-state index in [1.165, 1.54) is 6.33 Å². The summed E-state index contributed by atoms with van der Waals surface area (Å²) in [6, 6.07) is 16.2. The predicted molar refractivity (Wildman–Crippen MR) is 134 cm³/mol. The molecule has 2 aromatic carbocycles. The smallest absolute Gasteiger partial charge is 0.289 e. The van der Waals surface area contributed by atoms with Gasteiger partial charge in [0.1, 0.15) is 36.6 Å². The maximum absolute atomic E-state index is 6.08. The highest BCUT2D eigenvalue weighted by atomic mass is 16.5. The summed E-state index contributed by atoms with van der Waals surface area (Å²) in [7, 11) is 0. The molecule has 1 aliphatic rings. The summed E-state index contributed by atoms with van der Waals surface area (Å²) in [5, 5.41) is 11.6. The van der Waals surface area contributed by atoms with Crippen molar-refractivity contribution in [2.45, 2.75) is 19.9 Å². The van der Waals surface area contributed by atoms with E-state index in [0.717, 1.165) is 39.2 Å². The average Bonchev–Trinajstić information content (AvgIpc) is 3.49. The quantitative estimate of drug-likeness (QED) is 0.383. The van der Waals surface area contributed by atoms with Crippen molar-refractivity contribution in [2.75, 3.05) is 17.2 Å². The summed E-state index contributed by atoms with van der Waals surface area (Å²) in [5.74, 6) is 2.15. The standard InChI is InChI=1S/C25H22N8O2/c1-15-9-17(4-6-22(15)35-19-7-8-33-23(11-19)27-14-29-33)31-24-20-10-18(3-5-21(20)26-13-28-24)32-25-30-16(2)12-34-25/h3-11,13-14,16H,12H2,1-2H3,(H,30,32)(H,26,28,31). The van der Waals surface area contributed by atoms with Crippen LogP contribution in [0, 0.1) is 6.92 Å². The number of rotatable bonds is 5. The zero-order chi connectivity index (χ0) is 23.8. The summed E-state index contributed by atoms with van der Waals surface area (Å²) in [4.78, 5) is 17.5. The van der Waals surface area contributed by atoms with Gasteiger partial charge in [-0.1, -0.05) is 0 Å². The molecule has 10 nitrogen and oxygen atoms in total. The molecule has 3 aromatic heterocycles. The third-order valence-electron chi connectivity index (χ3n) is 5.60. The fraction of sp³-hybridized carbons (Fsp3) is 0.160. The Morgan fingerprint density at radius 3 is 2.71 bits per heavy atom. The summed E-state index contributed by atoms with van der Waals surface area (Å²) < 4.78 is 13.3. The molecule has 0 radical (unpaired) electrons. The van der Waals surface area contributed by atoms with Crippen LogP contribution in [0.15, 0.2) is 72.4 Å². The SMILES string of the molecule is Cc1cc(Nc2ncnc3ccc(NC4=NC(C)CO4)cc23)ccc1Oc1ccn2ncnc2c1. The predicted octanol–water partition coefficient (Wildman–Crippen LogP) is 4.70. The molecule has 4 heterocycles. The normalized spacial score (nSPS) is 15.1. The van der Waals surface area contributed by atoms with Gasteiger partial charge < -0.3 is 20.1 Å².